The van der Waals surface area contributed by atoms with Crippen LogP contribution in [0.3, 0.4) is 0 Å². The number of benzene rings is 2. The van der Waals surface area contributed by atoms with E-state index in [2.05, 4.69) is 19.8 Å². The molecule has 4 aromatic rings. The van der Waals surface area contributed by atoms with Crippen molar-refractivity contribution in [1.29, 1.82) is 0 Å². The lowest BCUT2D eigenvalue weighted by Gasteiger charge is -2.32. The van der Waals surface area contributed by atoms with Crippen molar-refractivity contribution in [2.45, 2.75) is 38.1 Å². The molecule has 5 rings (SSSR count). The highest BCUT2D eigenvalue weighted by Crippen LogP contribution is 2.21. The number of sulfonamides is 1. The van der Waals surface area contributed by atoms with Gasteiger partial charge in [-0.3, -0.25) is 18.7 Å². The van der Waals surface area contributed by atoms with Gasteiger partial charge in [-0.1, -0.05) is 29.3 Å². The Hall–Kier alpha value is -3.08. The predicted octanol–water partition coefficient (Wildman–Crippen LogP) is 2.39. The molecule has 1 aliphatic rings. The first-order valence-corrected chi connectivity index (χ1v) is 13.3. The Morgan fingerprint density at radius 3 is 2.57 bits per heavy atom. The molecular formula is C25H30N6O3S. The van der Waals surface area contributed by atoms with Gasteiger partial charge in [-0.15, -0.1) is 10.2 Å². The molecule has 0 saturated carbocycles. The molecule has 1 fully saturated rings. The van der Waals surface area contributed by atoms with Crippen LogP contribution < -0.4 is 10.3 Å². The predicted molar refractivity (Wildman–Crippen MR) is 135 cm³/mol. The van der Waals surface area contributed by atoms with Crippen molar-refractivity contribution in [3.05, 3.63) is 69.8 Å². The van der Waals surface area contributed by atoms with Gasteiger partial charge >= 0.3 is 0 Å². The van der Waals surface area contributed by atoms with E-state index in [0.717, 1.165) is 48.4 Å². The Morgan fingerprint density at radius 1 is 1.06 bits per heavy atom. The van der Waals surface area contributed by atoms with Crippen LogP contribution in [0.4, 0.5) is 0 Å². The van der Waals surface area contributed by atoms with E-state index in [1.54, 1.807) is 31.3 Å². The van der Waals surface area contributed by atoms with Gasteiger partial charge in [0.05, 0.1) is 22.3 Å². The van der Waals surface area contributed by atoms with E-state index in [1.165, 1.54) is 4.57 Å². The topological polar surface area (TPSA) is 102 Å². The molecule has 0 radical (unpaired) electrons. The fraction of sp³-hybridized carbons (Fsp3) is 0.400. The average Bonchev–Trinajstić information content (AvgIpc) is 3.25. The lowest BCUT2D eigenvalue weighted by molar-refractivity contribution is 0.165. The first-order valence-electron chi connectivity index (χ1n) is 11.8. The van der Waals surface area contributed by atoms with E-state index in [1.807, 2.05) is 36.4 Å². The van der Waals surface area contributed by atoms with Crippen LogP contribution in [-0.2, 0) is 23.6 Å². The second-order valence-corrected chi connectivity index (χ2v) is 11.3. The van der Waals surface area contributed by atoms with Gasteiger partial charge in [0.15, 0.2) is 5.82 Å². The summed E-state index contributed by atoms with van der Waals surface area (Å²) in [6, 6.07) is 12.7. The van der Waals surface area contributed by atoms with Crippen LogP contribution in [-0.4, -0.2) is 52.1 Å². The van der Waals surface area contributed by atoms with E-state index >= 15 is 0 Å². The monoisotopic (exact) mass is 494 g/mol. The maximum atomic E-state index is 12.8. The second kappa shape index (κ2) is 9.18. The average molecular weight is 495 g/mol. The summed E-state index contributed by atoms with van der Waals surface area (Å²) in [6.07, 6.45) is 1.94. The molecule has 1 N–H and O–H groups in total. The van der Waals surface area contributed by atoms with Gasteiger partial charge in [0.1, 0.15) is 0 Å². The number of nitrogens with zero attached hydrogens (tertiary/aromatic N) is 5. The normalized spacial score (nSPS) is 17.4. The van der Waals surface area contributed by atoms with Crippen molar-refractivity contribution in [1.82, 2.24) is 28.8 Å². The van der Waals surface area contributed by atoms with Crippen molar-refractivity contribution >= 4 is 26.7 Å². The Labute approximate surface area is 204 Å². The number of aromatic nitrogens is 4. The molecule has 0 amide bonds. The van der Waals surface area contributed by atoms with Crippen LogP contribution in [0, 0.1) is 19.8 Å². The summed E-state index contributed by atoms with van der Waals surface area (Å²) in [5.74, 6) is 1.48. The molecule has 1 atom stereocenters. The van der Waals surface area contributed by atoms with Gasteiger partial charge in [-0.05, 0) is 63.4 Å². The molecule has 10 heteroatoms. The van der Waals surface area contributed by atoms with Gasteiger partial charge in [0, 0.05) is 20.1 Å². The third-order valence-corrected chi connectivity index (χ3v) is 8.24. The fourth-order valence-corrected chi connectivity index (χ4v) is 5.97. The second-order valence-electron chi connectivity index (χ2n) is 9.54. The van der Waals surface area contributed by atoms with Crippen LogP contribution in [0.15, 0.2) is 52.2 Å². The first-order chi connectivity index (χ1) is 16.7. The fourth-order valence-electron chi connectivity index (χ4n) is 4.85. The first kappa shape index (κ1) is 23.7. The van der Waals surface area contributed by atoms with Gasteiger partial charge < -0.3 is 0 Å². The standard InChI is InChI=1S/C25H30N6O3S/c1-17-6-9-20(10-7-17)35(33,34)26-14-19-5-4-12-30(15-19)16-23-27-28-25-29(3)24(32)21-13-18(2)8-11-22(21)31(23)25/h6-11,13,19,26H,4-5,12,14-16H2,1-3H3. The molecule has 3 heterocycles. The SMILES string of the molecule is Cc1ccc(S(=O)(=O)NCC2CCCN(Cc3nnc4n(C)c(=O)c5cc(C)ccc5n34)C2)cc1. The number of hydrogen-bond donors (Lipinski definition) is 1. The maximum absolute atomic E-state index is 12.8. The van der Waals surface area contributed by atoms with Crippen molar-refractivity contribution in [2.75, 3.05) is 19.6 Å². The third kappa shape index (κ3) is 4.61. The summed E-state index contributed by atoms with van der Waals surface area (Å²) in [5, 5.41) is 9.36. The zero-order valence-electron chi connectivity index (χ0n) is 20.2. The molecule has 1 aliphatic heterocycles. The van der Waals surface area contributed by atoms with E-state index < -0.39 is 10.0 Å². The maximum Gasteiger partial charge on any atom is 0.262 e. The number of hydrogen-bond acceptors (Lipinski definition) is 6. The van der Waals surface area contributed by atoms with Crippen molar-refractivity contribution in [2.24, 2.45) is 13.0 Å². The van der Waals surface area contributed by atoms with Crippen molar-refractivity contribution in [3.63, 3.8) is 0 Å². The zero-order valence-corrected chi connectivity index (χ0v) is 21.0. The Kier molecular flexibility index (Phi) is 6.20. The Bertz CT molecular complexity index is 1560. The van der Waals surface area contributed by atoms with Crippen LogP contribution in [0.2, 0.25) is 0 Å². The molecule has 2 aromatic carbocycles. The molecule has 9 nitrogen and oxygen atoms in total. The molecule has 1 unspecified atom stereocenters. The van der Waals surface area contributed by atoms with Gasteiger partial charge in [0.2, 0.25) is 15.8 Å². The summed E-state index contributed by atoms with van der Waals surface area (Å²) in [4.78, 5) is 15.4. The summed E-state index contributed by atoms with van der Waals surface area (Å²) >= 11 is 0. The van der Waals surface area contributed by atoms with Gasteiger partial charge in [-0.2, -0.15) is 0 Å². The molecule has 184 valence electrons. The van der Waals surface area contributed by atoms with Crippen molar-refractivity contribution < 1.29 is 8.42 Å². The number of nitrogens with one attached hydrogen (secondary N) is 1. The van der Waals surface area contributed by atoms with E-state index in [-0.39, 0.29) is 11.5 Å². The minimum atomic E-state index is -3.54. The summed E-state index contributed by atoms with van der Waals surface area (Å²) in [6.45, 7) is 6.53. The van der Waals surface area contributed by atoms with Crippen molar-refractivity contribution in [3.8, 4) is 0 Å². The lowest BCUT2D eigenvalue weighted by atomic mass is 9.98. The third-order valence-electron chi connectivity index (χ3n) is 6.80. The molecule has 1 saturated heterocycles. The molecule has 0 bridgehead atoms. The zero-order chi connectivity index (χ0) is 24.7. The van der Waals surface area contributed by atoms with Crippen LogP contribution in [0.1, 0.15) is 29.8 Å². The van der Waals surface area contributed by atoms with Gasteiger partial charge in [0.25, 0.3) is 5.56 Å². The summed E-state index contributed by atoms with van der Waals surface area (Å²) < 4.78 is 31.7. The highest BCUT2D eigenvalue weighted by Gasteiger charge is 2.24. The van der Waals surface area contributed by atoms with Crippen LogP contribution in [0.25, 0.3) is 16.7 Å². The molecule has 35 heavy (non-hydrogen) atoms. The molecule has 2 aromatic heterocycles. The lowest BCUT2D eigenvalue weighted by Crippen LogP contribution is -2.40. The molecular weight excluding hydrogens is 464 g/mol. The number of likely N-dealkylation sites (tertiary alicyclic amines) is 1. The highest BCUT2D eigenvalue weighted by atomic mass is 32.2. The van der Waals surface area contributed by atoms with Crippen LogP contribution in [0.5, 0.6) is 0 Å². The largest absolute Gasteiger partial charge is 0.296 e. The Balaban J connectivity index is 1.34. The minimum Gasteiger partial charge on any atom is -0.296 e. The quantitative estimate of drug-likeness (QED) is 0.442. The molecule has 0 aliphatic carbocycles. The summed E-state index contributed by atoms with van der Waals surface area (Å²) in [5.41, 5.74) is 2.76. The molecule has 0 spiro atoms. The van der Waals surface area contributed by atoms with E-state index in [0.29, 0.717) is 29.1 Å². The van der Waals surface area contributed by atoms with E-state index in [9.17, 15) is 13.2 Å². The number of piperidine rings is 1. The number of fused-ring (bicyclic) bond motifs is 3. The van der Waals surface area contributed by atoms with Gasteiger partial charge in [-0.25, -0.2) is 13.1 Å². The van der Waals surface area contributed by atoms with Crippen LogP contribution >= 0.6 is 0 Å². The Morgan fingerprint density at radius 2 is 1.80 bits per heavy atom. The summed E-state index contributed by atoms with van der Waals surface area (Å²) in [7, 11) is -1.82. The number of rotatable bonds is 6. The highest BCUT2D eigenvalue weighted by molar-refractivity contribution is 7.89. The van der Waals surface area contributed by atoms with E-state index in [4.69, 9.17) is 0 Å². The minimum absolute atomic E-state index is 0.0888. The smallest absolute Gasteiger partial charge is 0.262 e. The number of aryl methyl sites for hydroxylation is 3.